The quantitative estimate of drug-likeness (QED) is 0.761. The molecular formula is C13H23NS2. The standard InChI is InChI=1S/C13H23NS2/c1-5-7-8-12(14-6-2)13-9-15-10(3)11(4)16-13/h1,10-14H,6-9H2,2-4H3. The third kappa shape index (κ3) is 4.24. The van der Waals surface area contributed by atoms with Gasteiger partial charge in [-0.3, -0.25) is 0 Å². The van der Waals surface area contributed by atoms with E-state index in [1.54, 1.807) is 0 Å². The molecule has 0 bridgehead atoms. The Hall–Kier alpha value is 0.220. The Bertz CT molecular complexity index is 237. The summed E-state index contributed by atoms with van der Waals surface area (Å²) in [5, 5.41) is 5.87. The van der Waals surface area contributed by atoms with E-state index in [2.05, 4.69) is 55.5 Å². The Morgan fingerprint density at radius 1 is 1.44 bits per heavy atom. The average molecular weight is 257 g/mol. The minimum atomic E-state index is 0.591. The van der Waals surface area contributed by atoms with Crippen LogP contribution < -0.4 is 5.32 Å². The van der Waals surface area contributed by atoms with Crippen molar-refractivity contribution in [3.63, 3.8) is 0 Å². The summed E-state index contributed by atoms with van der Waals surface area (Å²) in [6, 6.07) is 0.591. The fourth-order valence-corrected chi connectivity index (χ4v) is 5.11. The van der Waals surface area contributed by atoms with Gasteiger partial charge in [-0.1, -0.05) is 20.8 Å². The highest BCUT2D eigenvalue weighted by molar-refractivity contribution is 8.07. The third-order valence-corrected chi connectivity index (χ3v) is 6.64. The maximum atomic E-state index is 5.36. The summed E-state index contributed by atoms with van der Waals surface area (Å²) in [5.74, 6) is 4.02. The number of hydrogen-bond donors (Lipinski definition) is 1. The summed E-state index contributed by atoms with van der Waals surface area (Å²) in [6.07, 6.45) is 7.37. The molecule has 0 radical (unpaired) electrons. The van der Waals surface area contributed by atoms with Crippen LogP contribution in [-0.4, -0.2) is 34.1 Å². The Balaban J connectivity index is 2.47. The number of thioether (sulfide) groups is 2. The first-order valence-corrected chi connectivity index (χ1v) is 8.12. The molecular weight excluding hydrogens is 234 g/mol. The molecule has 1 saturated heterocycles. The van der Waals surface area contributed by atoms with Crippen molar-refractivity contribution < 1.29 is 0 Å². The van der Waals surface area contributed by atoms with Gasteiger partial charge in [0, 0.05) is 34.0 Å². The summed E-state index contributed by atoms with van der Waals surface area (Å²) in [6.45, 7) is 7.90. The van der Waals surface area contributed by atoms with Crippen molar-refractivity contribution in [3.05, 3.63) is 0 Å². The minimum absolute atomic E-state index is 0.591. The van der Waals surface area contributed by atoms with Gasteiger partial charge in [0.05, 0.1) is 0 Å². The SMILES string of the molecule is C#CCCC(NCC)C1CSC(C)C(C)S1. The van der Waals surface area contributed by atoms with Gasteiger partial charge in [0.1, 0.15) is 0 Å². The fourth-order valence-electron chi connectivity index (χ4n) is 1.94. The Labute approximate surface area is 109 Å². The summed E-state index contributed by atoms with van der Waals surface area (Å²) >= 11 is 4.25. The maximum absolute atomic E-state index is 5.36. The second kappa shape index (κ2) is 7.53. The van der Waals surface area contributed by atoms with Crippen molar-refractivity contribution in [2.75, 3.05) is 12.3 Å². The smallest absolute Gasteiger partial charge is 0.0295 e. The van der Waals surface area contributed by atoms with E-state index >= 15 is 0 Å². The zero-order valence-electron chi connectivity index (χ0n) is 10.5. The van der Waals surface area contributed by atoms with E-state index in [4.69, 9.17) is 6.42 Å². The summed E-state index contributed by atoms with van der Waals surface area (Å²) in [7, 11) is 0. The van der Waals surface area contributed by atoms with Crippen LogP contribution in [0.5, 0.6) is 0 Å². The molecule has 1 fully saturated rings. The molecule has 0 saturated carbocycles. The van der Waals surface area contributed by atoms with Gasteiger partial charge in [0.25, 0.3) is 0 Å². The molecule has 0 aromatic carbocycles. The lowest BCUT2D eigenvalue weighted by atomic mass is 10.1. The first kappa shape index (κ1) is 14.3. The highest BCUT2D eigenvalue weighted by Gasteiger charge is 2.30. The van der Waals surface area contributed by atoms with E-state index in [0.717, 1.165) is 35.1 Å². The van der Waals surface area contributed by atoms with Crippen molar-refractivity contribution in [3.8, 4) is 12.3 Å². The highest BCUT2D eigenvalue weighted by atomic mass is 32.2. The van der Waals surface area contributed by atoms with E-state index in [0.29, 0.717) is 6.04 Å². The van der Waals surface area contributed by atoms with Crippen molar-refractivity contribution in [2.45, 2.75) is 55.4 Å². The number of hydrogen-bond acceptors (Lipinski definition) is 3. The molecule has 1 rings (SSSR count). The van der Waals surface area contributed by atoms with Gasteiger partial charge in [-0.25, -0.2) is 0 Å². The van der Waals surface area contributed by atoms with Gasteiger partial charge < -0.3 is 5.32 Å². The Morgan fingerprint density at radius 3 is 2.75 bits per heavy atom. The fraction of sp³-hybridized carbons (Fsp3) is 0.846. The second-order valence-corrected chi connectivity index (χ2v) is 7.36. The number of rotatable bonds is 5. The topological polar surface area (TPSA) is 12.0 Å². The van der Waals surface area contributed by atoms with E-state index < -0.39 is 0 Å². The molecule has 1 heterocycles. The van der Waals surface area contributed by atoms with Gasteiger partial charge in [-0.2, -0.15) is 23.5 Å². The lowest BCUT2D eigenvalue weighted by Crippen LogP contribution is -2.43. The zero-order valence-corrected chi connectivity index (χ0v) is 12.2. The molecule has 1 N–H and O–H groups in total. The molecule has 92 valence electrons. The lowest BCUT2D eigenvalue weighted by molar-refractivity contribution is 0.496. The molecule has 0 spiro atoms. The molecule has 0 aromatic heterocycles. The Morgan fingerprint density at radius 2 is 2.19 bits per heavy atom. The van der Waals surface area contributed by atoms with Gasteiger partial charge in [-0.15, -0.1) is 12.3 Å². The molecule has 4 atom stereocenters. The molecule has 1 nitrogen and oxygen atoms in total. The van der Waals surface area contributed by atoms with Crippen LogP contribution in [0.15, 0.2) is 0 Å². The van der Waals surface area contributed by atoms with Crippen LogP contribution in [0.25, 0.3) is 0 Å². The maximum Gasteiger partial charge on any atom is 0.0295 e. The predicted octanol–water partition coefficient (Wildman–Crippen LogP) is 3.00. The van der Waals surface area contributed by atoms with Crippen LogP contribution in [0.2, 0.25) is 0 Å². The summed E-state index contributed by atoms with van der Waals surface area (Å²) in [4.78, 5) is 0. The largest absolute Gasteiger partial charge is 0.313 e. The van der Waals surface area contributed by atoms with Gasteiger partial charge in [-0.05, 0) is 13.0 Å². The minimum Gasteiger partial charge on any atom is -0.313 e. The zero-order chi connectivity index (χ0) is 12.0. The van der Waals surface area contributed by atoms with E-state index in [1.165, 1.54) is 5.75 Å². The van der Waals surface area contributed by atoms with Crippen LogP contribution in [0.4, 0.5) is 0 Å². The first-order chi connectivity index (χ1) is 7.69. The van der Waals surface area contributed by atoms with Crippen LogP contribution in [-0.2, 0) is 0 Å². The normalized spacial score (nSPS) is 32.0. The molecule has 1 aliphatic rings. The van der Waals surface area contributed by atoms with Crippen molar-refractivity contribution in [2.24, 2.45) is 0 Å². The molecule has 1 aliphatic heterocycles. The molecule has 0 amide bonds. The summed E-state index contributed by atoms with van der Waals surface area (Å²) < 4.78 is 0. The lowest BCUT2D eigenvalue weighted by Gasteiger charge is -2.36. The van der Waals surface area contributed by atoms with E-state index in [1.807, 2.05) is 0 Å². The number of nitrogens with one attached hydrogen (secondary N) is 1. The molecule has 0 aliphatic carbocycles. The van der Waals surface area contributed by atoms with Gasteiger partial charge >= 0.3 is 0 Å². The average Bonchev–Trinajstić information content (AvgIpc) is 2.28. The predicted molar refractivity (Wildman–Crippen MR) is 78.3 cm³/mol. The van der Waals surface area contributed by atoms with Gasteiger partial charge in [0.2, 0.25) is 0 Å². The van der Waals surface area contributed by atoms with Crippen LogP contribution >= 0.6 is 23.5 Å². The Kier molecular flexibility index (Phi) is 6.72. The van der Waals surface area contributed by atoms with Crippen molar-refractivity contribution in [1.29, 1.82) is 0 Å². The molecule has 16 heavy (non-hydrogen) atoms. The van der Waals surface area contributed by atoms with Crippen molar-refractivity contribution >= 4 is 23.5 Å². The molecule has 4 unspecified atom stereocenters. The van der Waals surface area contributed by atoms with Gasteiger partial charge in [0.15, 0.2) is 0 Å². The van der Waals surface area contributed by atoms with Crippen LogP contribution in [0, 0.1) is 12.3 Å². The highest BCUT2D eigenvalue weighted by Crippen LogP contribution is 2.37. The first-order valence-electron chi connectivity index (χ1n) is 6.13. The van der Waals surface area contributed by atoms with E-state index in [9.17, 15) is 0 Å². The number of terminal acetylenes is 1. The van der Waals surface area contributed by atoms with Crippen molar-refractivity contribution in [1.82, 2.24) is 5.32 Å². The summed E-state index contributed by atoms with van der Waals surface area (Å²) in [5.41, 5.74) is 0. The molecule has 0 aromatic rings. The monoisotopic (exact) mass is 257 g/mol. The van der Waals surface area contributed by atoms with E-state index in [-0.39, 0.29) is 0 Å². The van der Waals surface area contributed by atoms with Crippen LogP contribution in [0.1, 0.15) is 33.6 Å². The van der Waals surface area contributed by atoms with Crippen LogP contribution in [0.3, 0.4) is 0 Å². The second-order valence-electron chi connectivity index (χ2n) is 4.33. The third-order valence-electron chi connectivity index (χ3n) is 3.09. The molecule has 3 heteroatoms.